The first kappa shape index (κ1) is 65.4. The highest BCUT2D eigenvalue weighted by Crippen LogP contribution is 2.19. The molecule has 0 aromatic rings. The summed E-state index contributed by atoms with van der Waals surface area (Å²) in [6.45, 7) is 4.41. The molecule has 0 aromatic heterocycles. The third kappa shape index (κ3) is 54.3. The van der Waals surface area contributed by atoms with Gasteiger partial charge in [0, 0.05) is 6.42 Å². The molecule has 0 aliphatic carbocycles. The Morgan fingerprint density at radius 2 is 0.485 bits per heavy atom. The monoisotopic (exact) mass is 932 g/mol. The number of aliphatic hydroxyl groups excluding tert-OH is 2. The molecule has 0 fully saturated rings. The molecule has 1 amide bonds. The van der Waals surface area contributed by atoms with E-state index in [0.717, 1.165) is 25.7 Å². The second kappa shape index (κ2) is 58.7. The van der Waals surface area contributed by atoms with Gasteiger partial charge in [-0.1, -0.05) is 354 Å². The number of amides is 1. The van der Waals surface area contributed by atoms with Gasteiger partial charge in [0.15, 0.2) is 0 Å². The maximum absolute atomic E-state index is 12.5. The van der Waals surface area contributed by atoms with Crippen LogP contribution in [0.2, 0.25) is 0 Å². The van der Waals surface area contributed by atoms with Crippen molar-refractivity contribution in [3.05, 3.63) is 0 Å². The highest BCUT2D eigenvalue weighted by atomic mass is 16.3. The Kier molecular flexibility index (Phi) is 58.2. The molecule has 0 spiro atoms. The van der Waals surface area contributed by atoms with Gasteiger partial charge in [-0.3, -0.25) is 4.79 Å². The van der Waals surface area contributed by atoms with Gasteiger partial charge in [0.25, 0.3) is 0 Å². The lowest BCUT2D eigenvalue weighted by molar-refractivity contribution is -0.123. The van der Waals surface area contributed by atoms with Crippen molar-refractivity contribution in [3.63, 3.8) is 0 Å². The van der Waals surface area contributed by atoms with Crippen LogP contribution in [-0.2, 0) is 4.79 Å². The van der Waals surface area contributed by atoms with E-state index in [1.165, 1.54) is 321 Å². The first-order chi connectivity index (χ1) is 32.7. The van der Waals surface area contributed by atoms with Crippen LogP contribution in [0, 0.1) is 0 Å². The Morgan fingerprint density at radius 1 is 0.303 bits per heavy atom. The lowest BCUT2D eigenvalue weighted by Gasteiger charge is -2.22. The molecule has 0 saturated carbocycles. The molecule has 0 rings (SSSR count). The fourth-order valence-electron chi connectivity index (χ4n) is 10.4. The minimum Gasteiger partial charge on any atom is -0.394 e. The maximum Gasteiger partial charge on any atom is 0.220 e. The molecule has 3 N–H and O–H groups in total. The van der Waals surface area contributed by atoms with Crippen LogP contribution >= 0.6 is 0 Å². The summed E-state index contributed by atoms with van der Waals surface area (Å²) in [4.78, 5) is 12.5. The van der Waals surface area contributed by atoms with Crippen LogP contribution in [0.5, 0.6) is 0 Å². The molecule has 0 aliphatic heterocycles. The summed E-state index contributed by atoms with van der Waals surface area (Å²) >= 11 is 0. The zero-order valence-electron chi connectivity index (χ0n) is 45.8. The number of nitrogens with one attached hydrogen (secondary N) is 1. The van der Waals surface area contributed by atoms with E-state index in [9.17, 15) is 15.0 Å². The first-order valence-corrected chi connectivity index (χ1v) is 31.2. The Labute approximate surface area is 416 Å². The van der Waals surface area contributed by atoms with Crippen molar-refractivity contribution in [1.29, 1.82) is 0 Å². The number of hydrogen-bond donors (Lipinski definition) is 3. The quantitative estimate of drug-likeness (QED) is 0.0532. The van der Waals surface area contributed by atoms with Gasteiger partial charge in [-0.05, 0) is 12.8 Å². The van der Waals surface area contributed by atoms with E-state index in [0.29, 0.717) is 12.8 Å². The van der Waals surface area contributed by atoms with Crippen molar-refractivity contribution in [3.8, 4) is 0 Å². The molecule has 396 valence electrons. The van der Waals surface area contributed by atoms with Crippen LogP contribution in [-0.4, -0.2) is 34.9 Å². The molecular weight excluding hydrogens is 807 g/mol. The van der Waals surface area contributed by atoms with Gasteiger partial charge >= 0.3 is 0 Å². The van der Waals surface area contributed by atoms with Gasteiger partial charge in [0.2, 0.25) is 5.91 Å². The van der Waals surface area contributed by atoms with Gasteiger partial charge in [-0.15, -0.1) is 0 Å². The summed E-state index contributed by atoms with van der Waals surface area (Å²) < 4.78 is 0. The molecule has 4 heteroatoms. The zero-order chi connectivity index (χ0) is 47.7. The summed E-state index contributed by atoms with van der Waals surface area (Å²) in [6.07, 6.45) is 75.6. The smallest absolute Gasteiger partial charge is 0.220 e. The number of carbonyl (C=O) groups is 1. The highest BCUT2D eigenvalue weighted by molar-refractivity contribution is 5.76. The SMILES string of the molecule is CCCCCCCCCCCCCCCCCCCCCCCCCCCCCCCCCCC(=O)NC(CO)C(O)CCCCCCCCCCCCCCCCCCCCCCCC. The largest absolute Gasteiger partial charge is 0.394 e. The average molecular weight is 933 g/mol. The molecule has 4 nitrogen and oxygen atoms in total. The third-order valence-corrected chi connectivity index (χ3v) is 15.1. The fourth-order valence-corrected chi connectivity index (χ4v) is 10.4. The van der Waals surface area contributed by atoms with Crippen LogP contribution in [0.1, 0.15) is 373 Å². The predicted octanol–water partition coefficient (Wildman–Crippen LogP) is 20.7. The molecule has 0 heterocycles. The van der Waals surface area contributed by atoms with Crippen LogP contribution < -0.4 is 5.32 Å². The average Bonchev–Trinajstić information content (AvgIpc) is 3.32. The van der Waals surface area contributed by atoms with Crippen molar-refractivity contribution in [2.24, 2.45) is 0 Å². The summed E-state index contributed by atoms with van der Waals surface area (Å²) in [7, 11) is 0. The number of unbranched alkanes of at least 4 members (excludes halogenated alkanes) is 52. The van der Waals surface area contributed by atoms with E-state index in [1.807, 2.05) is 0 Å². The standard InChI is InChI=1S/C62H125NO3/c1-3-5-7-9-11-13-15-17-19-21-23-25-27-28-29-30-31-32-33-34-35-36-38-40-42-44-46-48-50-52-54-56-58-62(66)63-60(59-64)61(65)57-55-53-51-49-47-45-43-41-39-37-26-24-22-20-18-16-14-12-10-8-6-4-2/h60-61,64-65H,3-59H2,1-2H3,(H,63,66). The van der Waals surface area contributed by atoms with Crippen molar-refractivity contribution in [2.75, 3.05) is 6.61 Å². The molecule has 66 heavy (non-hydrogen) atoms. The Morgan fingerprint density at radius 3 is 0.682 bits per heavy atom. The second-order valence-electron chi connectivity index (χ2n) is 21.8. The van der Waals surface area contributed by atoms with E-state index in [-0.39, 0.29) is 12.5 Å². The first-order valence-electron chi connectivity index (χ1n) is 31.2. The van der Waals surface area contributed by atoms with Gasteiger partial charge in [0.05, 0.1) is 18.8 Å². The highest BCUT2D eigenvalue weighted by Gasteiger charge is 2.20. The third-order valence-electron chi connectivity index (χ3n) is 15.1. The number of rotatable bonds is 59. The van der Waals surface area contributed by atoms with Gasteiger partial charge in [0.1, 0.15) is 0 Å². The number of hydrogen-bond acceptors (Lipinski definition) is 3. The predicted molar refractivity (Wildman–Crippen MR) is 295 cm³/mol. The van der Waals surface area contributed by atoms with Gasteiger partial charge in [-0.25, -0.2) is 0 Å². The lowest BCUT2D eigenvalue weighted by Crippen LogP contribution is -2.45. The lowest BCUT2D eigenvalue weighted by atomic mass is 10.0. The summed E-state index contributed by atoms with van der Waals surface area (Å²) in [6, 6.07) is -0.532. The zero-order valence-corrected chi connectivity index (χ0v) is 45.8. The van der Waals surface area contributed by atoms with Crippen molar-refractivity contribution < 1.29 is 15.0 Å². The molecule has 2 unspecified atom stereocenters. The van der Waals surface area contributed by atoms with Crippen molar-refractivity contribution in [2.45, 2.75) is 386 Å². The Balaban J connectivity index is 3.36. The number of aliphatic hydroxyl groups is 2. The topological polar surface area (TPSA) is 69.6 Å². The molecule has 0 radical (unpaired) electrons. The van der Waals surface area contributed by atoms with Crippen molar-refractivity contribution in [1.82, 2.24) is 5.32 Å². The van der Waals surface area contributed by atoms with Crippen LogP contribution in [0.4, 0.5) is 0 Å². The molecule has 0 saturated heterocycles. The molecule has 0 aliphatic rings. The maximum atomic E-state index is 12.5. The number of carbonyl (C=O) groups excluding carboxylic acids is 1. The summed E-state index contributed by atoms with van der Waals surface area (Å²) in [5.41, 5.74) is 0. The molecular formula is C62H125NO3. The van der Waals surface area contributed by atoms with E-state index >= 15 is 0 Å². The van der Waals surface area contributed by atoms with Crippen LogP contribution in [0.3, 0.4) is 0 Å². The van der Waals surface area contributed by atoms with Crippen LogP contribution in [0.25, 0.3) is 0 Å². The fraction of sp³-hybridized carbons (Fsp3) is 0.984. The van der Waals surface area contributed by atoms with Crippen LogP contribution in [0.15, 0.2) is 0 Å². The van der Waals surface area contributed by atoms with E-state index in [1.54, 1.807) is 0 Å². The normalized spacial score (nSPS) is 12.6. The van der Waals surface area contributed by atoms with Crippen molar-refractivity contribution >= 4 is 5.91 Å². The minimum absolute atomic E-state index is 0.0206. The molecule has 0 bridgehead atoms. The van der Waals surface area contributed by atoms with E-state index in [4.69, 9.17) is 0 Å². The second-order valence-corrected chi connectivity index (χ2v) is 21.8. The minimum atomic E-state index is -0.655. The molecule has 0 aromatic carbocycles. The Hall–Kier alpha value is -0.610. The molecule has 2 atom stereocenters. The van der Waals surface area contributed by atoms with E-state index in [2.05, 4.69) is 19.2 Å². The van der Waals surface area contributed by atoms with Gasteiger partial charge < -0.3 is 15.5 Å². The summed E-state index contributed by atoms with van der Waals surface area (Å²) in [5, 5.41) is 23.4. The van der Waals surface area contributed by atoms with Gasteiger partial charge in [-0.2, -0.15) is 0 Å². The van der Waals surface area contributed by atoms with E-state index < -0.39 is 12.1 Å². The summed E-state index contributed by atoms with van der Waals surface area (Å²) in [5.74, 6) is -0.0206. The Bertz CT molecular complexity index is 879.